The van der Waals surface area contributed by atoms with Crippen LogP contribution < -0.4 is 20.4 Å². The molecule has 5 aromatic carbocycles. The van der Waals surface area contributed by atoms with Crippen molar-refractivity contribution in [1.82, 2.24) is 44.7 Å². The highest BCUT2D eigenvalue weighted by Crippen LogP contribution is 2.32. The van der Waals surface area contributed by atoms with Crippen molar-refractivity contribution in [2.24, 2.45) is 0 Å². The van der Waals surface area contributed by atoms with Crippen LogP contribution in [0.2, 0.25) is 10.3 Å². The first-order valence-electron chi connectivity index (χ1n) is 28.9. The number of carbonyl (C=O) groups excluding carboxylic acids is 1. The lowest BCUT2D eigenvalue weighted by molar-refractivity contribution is 0.112. The van der Waals surface area contributed by atoms with Gasteiger partial charge in [0.05, 0.1) is 58.3 Å². The lowest BCUT2D eigenvalue weighted by Crippen LogP contribution is -2.21. The number of hydrogen-bond acceptors (Lipinski definition) is 15. The van der Waals surface area contributed by atoms with Crippen LogP contribution in [0, 0.1) is 3.70 Å². The van der Waals surface area contributed by atoms with E-state index in [1.807, 2.05) is 95.7 Å². The number of para-hydroxylation sites is 5. The van der Waals surface area contributed by atoms with Gasteiger partial charge in [0.15, 0.2) is 11.9 Å². The molecule has 87 heavy (non-hydrogen) atoms. The number of halogens is 4. The number of aliphatic hydroxyl groups is 2. The van der Waals surface area contributed by atoms with Crippen LogP contribution in [0.4, 0.5) is 23.3 Å². The summed E-state index contributed by atoms with van der Waals surface area (Å²) in [5.74, 6) is 3.64. The summed E-state index contributed by atoms with van der Waals surface area (Å²) in [5, 5.41) is 30.8. The quantitative estimate of drug-likeness (QED) is 0.0533. The number of aromatic nitrogens is 9. The Bertz CT molecular complexity index is 4290. The van der Waals surface area contributed by atoms with Crippen LogP contribution in [-0.4, -0.2) is 100 Å². The summed E-state index contributed by atoms with van der Waals surface area (Å²) in [5.41, 5.74) is 16.1. The predicted molar refractivity (Wildman–Crippen MR) is 364 cm³/mol. The standard InChI is InChI=1S/C19H18IN7.C14H15BrN2.C14H16N2O.C10H8ClNO.C10H6ClNO/c20-16-15-17(21)22-11-23-19(15)27(25-16)10-13-9-12-5-1-2-6-14(12)24-18(13)26-7-3-4-8-26;15-10-12-9-11-5-1-2-6-13(11)16-14(12)17-7-3-4-8-17;17-10-12-9-11-5-1-2-6-13(11)15-14(12)16-7-3-4-8-16;2*11-10-8(6-13)5-7-3-1-2-4-9(7)12-10/h1-2,5-6,9,11H,3-4,7-8,10H2,(H2,21,22,23);1-2,5-6,9H,3-4,7-8,10H2;1-2,5-6,9,17H,3-4,7-8,10H2;1-5,13H,6H2;1-6H. The van der Waals surface area contributed by atoms with Crippen LogP contribution in [0.3, 0.4) is 0 Å². The average Bonchev–Trinajstić information content (AvgIpc) is 4.27. The van der Waals surface area contributed by atoms with E-state index in [9.17, 15) is 9.90 Å². The van der Waals surface area contributed by atoms with Gasteiger partial charge < -0.3 is 30.6 Å². The van der Waals surface area contributed by atoms with Gasteiger partial charge in [-0.15, -0.1) is 0 Å². The molecular formula is C67H63BrCl2IN13O3. The van der Waals surface area contributed by atoms with E-state index < -0.39 is 0 Å². The first-order chi connectivity index (χ1) is 42.6. The van der Waals surface area contributed by atoms with Crippen LogP contribution in [0.25, 0.3) is 65.5 Å². The van der Waals surface area contributed by atoms with E-state index in [-0.39, 0.29) is 18.4 Å². The Kier molecular flexibility index (Phi) is 20.2. The van der Waals surface area contributed by atoms with Gasteiger partial charge in [0.2, 0.25) is 0 Å². The van der Waals surface area contributed by atoms with E-state index in [0.717, 1.165) is 137 Å². The predicted octanol–water partition coefficient (Wildman–Crippen LogP) is 14.3. The van der Waals surface area contributed by atoms with E-state index >= 15 is 0 Å². The number of hydrogen-bond donors (Lipinski definition) is 3. The largest absolute Gasteiger partial charge is 0.392 e. The molecule has 0 aliphatic carbocycles. The zero-order valence-electron chi connectivity index (χ0n) is 47.7. The van der Waals surface area contributed by atoms with Crippen LogP contribution in [0.1, 0.15) is 71.1 Å². The number of aliphatic hydroxyl groups excluding tert-OH is 2. The number of alkyl halides is 1. The van der Waals surface area contributed by atoms with Crippen molar-refractivity contribution in [1.29, 1.82) is 0 Å². The summed E-state index contributed by atoms with van der Waals surface area (Å²) in [4.78, 5) is 48.9. The molecular weight excluding hydrogens is 1310 g/mol. The molecule has 16 nitrogen and oxygen atoms in total. The fraction of sp³-hybridized carbons (Fsp3) is 0.239. The molecule has 12 aromatic rings. The lowest BCUT2D eigenvalue weighted by atomic mass is 10.1. The zero-order chi connectivity index (χ0) is 60.2. The Balaban J connectivity index is 0.000000116. The number of nitrogens with two attached hydrogens (primary N) is 1. The first kappa shape index (κ1) is 60.9. The number of aldehydes is 1. The molecule has 4 N–H and O–H groups in total. The number of fused-ring (bicyclic) bond motifs is 6. The number of nitrogens with zero attached hydrogens (tertiary/aromatic N) is 12. The molecule has 0 amide bonds. The van der Waals surface area contributed by atoms with Gasteiger partial charge in [0.1, 0.15) is 43.6 Å². The molecule has 3 saturated heterocycles. The van der Waals surface area contributed by atoms with Crippen LogP contribution in [0.15, 0.2) is 158 Å². The van der Waals surface area contributed by atoms with Crippen molar-refractivity contribution in [2.45, 2.75) is 63.6 Å². The molecule has 0 spiro atoms. The molecule has 3 aliphatic rings. The van der Waals surface area contributed by atoms with Gasteiger partial charge in [-0.2, -0.15) is 5.10 Å². The number of rotatable bonds is 9. The lowest BCUT2D eigenvalue weighted by Gasteiger charge is -2.21. The second-order valence-corrected chi connectivity index (χ2v) is 23.5. The second-order valence-electron chi connectivity index (χ2n) is 21.2. The van der Waals surface area contributed by atoms with Gasteiger partial charge in [-0.05, 0) is 122 Å². The first-order valence-corrected chi connectivity index (χ1v) is 31.9. The summed E-state index contributed by atoms with van der Waals surface area (Å²) >= 11 is 17.4. The minimum Gasteiger partial charge on any atom is -0.392 e. The van der Waals surface area contributed by atoms with Gasteiger partial charge in [0, 0.05) is 93.8 Å². The smallest absolute Gasteiger partial charge is 0.164 e. The average molecular weight is 1380 g/mol. The molecule has 3 fully saturated rings. The highest BCUT2D eigenvalue weighted by molar-refractivity contribution is 14.1. The maximum absolute atomic E-state index is 10.5. The van der Waals surface area contributed by atoms with Gasteiger partial charge in [-0.1, -0.05) is 130 Å². The molecule has 20 heteroatoms. The molecule has 10 heterocycles. The molecule has 0 saturated carbocycles. The minimum absolute atomic E-state index is 0.0592. The SMILES string of the molecule is BrCc1cc2ccccc2nc1N1CCCC1.Nc1ncnc2c1c(I)nn2Cc1cc2ccccc2nc1N1CCCC1.O=Cc1cc2ccccc2nc1Cl.OCc1cc2ccccc2nc1Cl.OCc1cc2ccccc2nc1N1CCCC1. The summed E-state index contributed by atoms with van der Waals surface area (Å²) in [6, 6.07) is 50.0. The van der Waals surface area contributed by atoms with E-state index in [2.05, 4.69) is 133 Å². The third-order valence-corrected chi connectivity index (χ3v) is 17.4. The Morgan fingerprint density at radius 3 is 1.33 bits per heavy atom. The van der Waals surface area contributed by atoms with Gasteiger partial charge >= 0.3 is 0 Å². The summed E-state index contributed by atoms with van der Waals surface area (Å²) in [6.45, 7) is 7.07. The third-order valence-electron chi connectivity index (χ3n) is 15.5. The topological polar surface area (TPSA) is 201 Å². The maximum atomic E-state index is 10.5. The van der Waals surface area contributed by atoms with Crippen molar-refractivity contribution < 1.29 is 15.0 Å². The summed E-state index contributed by atoms with van der Waals surface area (Å²) < 4.78 is 2.72. The number of anilines is 4. The highest BCUT2D eigenvalue weighted by atomic mass is 127. The van der Waals surface area contributed by atoms with E-state index in [1.165, 1.54) is 55.8 Å². The van der Waals surface area contributed by atoms with Crippen molar-refractivity contribution >= 4 is 157 Å². The zero-order valence-corrected chi connectivity index (χ0v) is 52.9. The molecule has 0 radical (unpaired) electrons. The Morgan fingerprint density at radius 2 is 0.885 bits per heavy atom. The molecule has 0 bridgehead atoms. The van der Waals surface area contributed by atoms with Crippen LogP contribution >= 0.6 is 61.7 Å². The molecule has 0 atom stereocenters. The molecule has 7 aromatic heterocycles. The Morgan fingerprint density at radius 1 is 0.506 bits per heavy atom. The minimum atomic E-state index is -0.0728. The fourth-order valence-electron chi connectivity index (χ4n) is 11.1. The van der Waals surface area contributed by atoms with Gasteiger partial charge in [0.25, 0.3) is 0 Å². The maximum Gasteiger partial charge on any atom is 0.164 e. The summed E-state index contributed by atoms with van der Waals surface area (Å²) in [6.07, 6.45) is 9.64. The van der Waals surface area contributed by atoms with Gasteiger partial charge in [-0.3, -0.25) is 4.79 Å². The second kappa shape index (κ2) is 28.9. The van der Waals surface area contributed by atoms with Gasteiger partial charge in [-0.25, -0.2) is 39.6 Å². The van der Waals surface area contributed by atoms with E-state index in [4.69, 9.17) is 49.0 Å². The van der Waals surface area contributed by atoms with E-state index in [0.29, 0.717) is 34.9 Å². The number of carbonyl (C=O) groups is 1. The van der Waals surface area contributed by atoms with Crippen molar-refractivity contribution in [3.05, 3.63) is 200 Å². The molecule has 0 unspecified atom stereocenters. The normalized spacial score (nSPS) is 13.7. The van der Waals surface area contributed by atoms with Crippen molar-refractivity contribution in [2.75, 3.05) is 59.7 Å². The summed E-state index contributed by atoms with van der Waals surface area (Å²) in [7, 11) is 0. The third kappa shape index (κ3) is 14.3. The van der Waals surface area contributed by atoms with E-state index in [1.54, 1.807) is 6.07 Å². The molecule has 442 valence electrons. The van der Waals surface area contributed by atoms with Crippen molar-refractivity contribution in [3.8, 4) is 0 Å². The fourth-order valence-corrected chi connectivity index (χ4v) is 12.7. The number of pyridine rings is 5. The Labute approximate surface area is 535 Å². The number of nitrogen functional groups attached to an aromatic ring is 1. The Hall–Kier alpha value is -7.72. The highest BCUT2D eigenvalue weighted by Gasteiger charge is 2.22. The molecule has 15 rings (SSSR count). The van der Waals surface area contributed by atoms with Crippen molar-refractivity contribution in [3.63, 3.8) is 0 Å². The van der Waals surface area contributed by atoms with Crippen LogP contribution in [-0.2, 0) is 25.1 Å². The molecule has 3 aliphatic heterocycles. The van der Waals surface area contributed by atoms with Crippen LogP contribution in [0.5, 0.6) is 0 Å². The number of benzene rings is 5. The monoisotopic (exact) mass is 1370 g/mol.